The number of aromatic nitrogens is 2. The number of hydrogen-bond acceptors (Lipinski definition) is 6. The fourth-order valence-corrected chi connectivity index (χ4v) is 2.63. The number of fused-ring (bicyclic) bond motifs is 1. The van der Waals surface area contributed by atoms with Crippen LogP contribution in [0.25, 0.3) is 0 Å². The van der Waals surface area contributed by atoms with Gasteiger partial charge in [0.2, 0.25) is 12.0 Å². The Morgan fingerprint density at radius 3 is 2.82 bits per heavy atom. The summed E-state index contributed by atoms with van der Waals surface area (Å²) in [6.07, 6.45) is 1.28. The summed E-state index contributed by atoms with van der Waals surface area (Å²) in [7, 11) is 1.77. The molecule has 1 aromatic heterocycles. The summed E-state index contributed by atoms with van der Waals surface area (Å²) in [5.41, 5.74) is 2.27. The van der Waals surface area contributed by atoms with Gasteiger partial charge in [0.05, 0.1) is 5.69 Å². The normalized spacial score (nSPS) is 16.1. The van der Waals surface area contributed by atoms with Crippen LogP contribution in [0.1, 0.15) is 21.6 Å². The Hall–Kier alpha value is -2.47. The molecule has 1 aromatic carbocycles. The van der Waals surface area contributed by atoms with Crippen LogP contribution in [0.3, 0.4) is 0 Å². The molecule has 1 unspecified atom stereocenters. The summed E-state index contributed by atoms with van der Waals surface area (Å²) in [6, 6.07) is 4.76. The van der Waals surface area contributed by atoms with Crippen molar-refractivity contribution < 1.29 is 14.3 Å². The van der Waals surface area contributed by atoms with Gasteiger partial charge in [-0.25, -0.2) is 9.97 Å². The molecule has 2 aromatic rings. The van der Waals surface area contributed by atoms with Gasteiger partial charge >= 0.3 is 0 Å². The molecule has 1 aliphatic heterocycles. The molecule has 1 aliphatic rings. The molecular formula is C15H12ClN3O3. The first kappa shape index (κ1) is 14.5. The molecule has 3 rings (SSSR count). The van der Waals surface area contributed by atoms with Gasteiger partial charge in [0.1, 0.15) is 22.9 Å². The first-order valence-corrected chi connectivity index (χ1v) is 6.90. The van der Waals surface area contributed by atoms with Crippen molar-refractivity contribution in [1.82, 2.24) is 9.97 Å². The van der Waals surface area contributed by atoms with E-state index < -0.39 is 6.23 Å². The Bertz CT molecular complexity index is 779. The molecule has 2 heterocycles. The average molecular weight is 318 g/mol. The molecule has 0 radical (unpaired) electrons. The highest BCUT2D eigenvalue weighted by Crippen LogP contribution is 2.39. The molecule has 0 saturated carbocycles. The third-order valence-corrected chi connectivity index (χ3v) is 3.70. The molecule has 0 amide bonds. The molecule has 0 bridgehead atoms. The van der Waals surface area contributed by atoms with E-state index in [1.807, 2.05) is 6.92 Å². The molecular weight excluding hydrogens is 306 g/mol. The van der Waals surface area contributed by atoms with Crippen molar-refractivity contribution in [1.29, 1.82) is 0 Å². The van der Waals surface area contributed by atoms with Crippen molar-refractivity contribution in [2.75, 3.05) is 11.9 Å². The van der Waals surface area contributed by atoms with E-state index >= 15 is 0 Å². The van der Waals surface area contributed by atoms with E-state index in [-0.39, 0.29) is 16.6 Å². The van der Waals surface area contributed by atoms with Crippen molar-refractivity contribution in [3.05, 3.63) is 46.5 Å². The quantitative estimate of drug-likeness (QED) is 0.490. The molecule has 0 aliphatic carbocycles. The number of aryl methyl sites for hydroxylation is 1. The fraction of sp³-hybridized carbons (Fsp3) is 0.200. The van der Waals surface area contributed by atoms with Gasteiger partial charge in [-0.15, -0.1) is 0 Å². The lowest BCUT2D eigenvalue weighted by molar-refractivity contribution is -0.113. The van der Waals surface area contributed by atoms with Gasteiger partial charge in [-0.2, -0.15) is 0 Å². The topological polar surface area (TPSA) is 72.4 Å². The molecule has 0 N–H and O–H groups in total. The zero-order valence-electron chi connectivity index (χ0n) is 11.9. The fourth-order valence-electron chi connectivity index (χ4n) is 2.48. The Labute approximate surface area is 131 Å². The van der Waals surface area contributed by atoms with Crippen LogP contribution in [0.15, 0.2) is 24.5 Å². The van der Waals surface area contributed by atoms with E-state index in [1.54, 1.807) is 24.1 Å². The average Bonchev–Trinajstić information content (AvgIpc) is 2.83. The molecule has 7 heteroatoms. The molecule has 0 fully saturated rings. The van der Waals surface area contributed by atoms with Crippen molar-refractivity contribution in [2.24, 2.45) is 0 Å². The number of carbonyl (C=O) groups is 2. The number of likely N-dealkylation sites (N-methyl/N-ethyl adjacent to an activating group) is 1. The summed E-state index contributed by atoms with van der Waals surface area (Å²) in [5.74, 6) is 0.221. The maximum Gasteiger partial charge on any atom is 0.228 e. The van der Waals surface area contributed by atoms with Crippen LogP contribution in [0.4, 0.5) is 5.69 Å². The summed E-state index contributed by atoms with van der Waals surface area (Å²) in [5, 5.41) is 0.202. The highest BCUT2D eigenvalue weighted by Gasteiger charge is 2.30. The lowest BCUT2D eigenvalue weighted by Gasteiger charge is -2.15. The second-order valence-electron chi connectivity index (χ2n) is 4.95. The molecule has 0 spiro atoms. The van der Waals surface area contributed by atoms with Gasteiger partial charge in [0.25, 0.3) is 0 Å². The molecule has 6 nitrogen and oxygen atoms in total. The van der Waals surface area contributed by atoms with Crippen molar-refractivity contribution >= 4 is 29.4 Å². The van der Waals surface area contributed by atoms with E-state index in [0.29, 0.717) is 17.6 Å². The molecule has 112 valence electrons. The first-order chi connectivity index (χ1) is 10.5. The largest absolute Gasteiger partial charge is 0.461 e. The Balaban J connectivity index is 2.03. The standard InChI is InChI=1S/C15H12ClN3O3/c1-8-3-9(15(21)10-5-12(16)18-7-17-10)4-11-14(8)19(2)13(6-20)22-11/h3-7,13H,1-2H3. The number of anilines is 1. The summed E-state index contributed by atoms with van der Waals surface area (Å²) in [6.45, 7) is 1.86. The van der Waals surface area contributed by atoms with E-state index in [4.69, 9.17) is 16.3 Å². The van der Waals surface area contributed by atoms with Crippen LogP contribution in [-0.2, 0) is 4.79 Å². The van der Waals surface area contributed by atoms with E-state index in [2.05, 4.69) is 9.97 Å². The highest BCUT2D eigenvalue weighted by atomic mass is 35.5. The lowest BCUT2D eigenvalue weighted by atomic mass is 10.0. The van der Waals surface area contributed by atoms with Gasteiger partial charge in [0, 0.05) is 18.7 Å². The van der Waals surface area contributed by atoms with Crippen LogP contribution in [0.5, 0.6) is 5.75 Å². The number of ketones is 1. The van der Waals surface area contributed by atoms with Crippen LogP contribution >= 0.6 is 11.6 Å². The zero-order chi connectivity index (χ0) is 15.9. The van der Waals surface area contributed by atoms with E-state index in [9.17, 15) is 9.59 Å². The van der Waals surface area contributed by atoms with Crippen LogP contribution < -0.4 is 9.64 Å². The number of benzene rings is 1. The number of aldehydes is 1. The van der Waals surface area contributed by atoms with Gasteiger partial charge in [-0.1, -0.05) is 11.6 Å². The number of ether oxygens (including phenoxy) is 1. The second kappa shape index (κ2) is 5.38. The molecule has 22 heavy (non-hydrogen) atoms. The monoisotopic (exact) mass is 317 g/mol. The minimum absolute atomic E-state index is 0.202. The predicted molar refractivity (Wildman–Crippen MR) is 80.5 cm³/mol. The minimum atomic E-state index is -0.674. The Morgan fingerprint density at radius 2 is 2.14 bits per heavy atom. The van der Waals surface area contributed by atoms with E-state index in [1.165, 1.54) is 12.4 Å². The first-order valence-electron chi connectivity index (χ1n) is 6.53. The van der Waals surface area contributed by atoms with Crippen molar-refractivity contribution in [2.45, 2.75) is 13.2 Å². The number of nitrogens with zero attached hydrogens (tertiary/aromatic N) is 3. The summed E-state index contributed by atoms with van der Waals surface area (Å²) >= 11 is 5.78. The van der Waals surface area contributed by atoms with Gasteiger partial charge in [0.15, 0.2) is 6.29 Å². The van der Waals surface area contributed by atoms with Crippen molar-refractivity contribution in [3.63, 3.8) is 0 Å². The maximum atomic E-state index is 12.5. The van der Waals surface area contributed by atoms with Crippen LogP contribution in [-0.4, -0.2) is 35.3 Å². The number of rotatable bonds is 3. The summed E-state index contributed by atoms with van der Waals surface area (Å²) in [4.78, 5) is 32.9. The van der Waals surface area contributed by atoms with E-state index in [0.717, 1.165) is 11.3 Å². The maximum absolute atomic E-state index is 12.5. The highest BCUT2D eigenvalue weighted by molar-refractivity contribution is 6.29. The third kappa shape index (κ3) is 2.31. The Morgan fingerprint density at radius 1 is 1.36 bits per heavy atom. The lowest BCUT2D eigenvalue weighted by Crippen LogP contribution is -2.32. The van der Waals surface area contributed by atoms with Gasteiger partial charge in [-0.3, -0.25) is 9.59 Å². The van der Waals surface area contributed by atoms with Crippen LogP contribution in [0, 0.1) is 6.92 Å². The summed E-state index contributed by atoms with van der Waals surface area (Å²) < 4.78 is 5.55. The molecule has 0 saturated heterocycles. The van der Waals surface area contributed by atoms with Crippen molar-refractivity contribution in [3.8, 4) is 5.75 Å². The van der Waals surface area contributed by atoms with Crippen LogP contribution in [0.2, 0.25) is 5.15 Å². The van der Waals surface area contributed by atoms with Gasteiger partial charge < -0.3 is 9.64 Å². The SMILES string of the molecule is Cc1cc(C(=O)c2cc(Cl)ncn2)cc2c1N(C)C(C=O)O2. The second-order valence-corrected chi connectivity index (χ2v) is 5.34. The molecule has 1 atom stereocenters. The Kier molecular flexibility index (Phi) is 3.54. The smallest absolute Gasteiger partial charge is 0.228 e. The zero-order valence-corrected chi connectivity index (χ0v) is 12.7. The minimum Gasteiger partial charge on any atom is -0.461 e. The third-order valence-electron chi connectivity index (χ3n) is 3.49. The number of halogens is 1. The predicted octanol–water partition coefficient (Wildman–Crippen LogP) is 2.02. The number of hydrogen-bond donors (Lipinski definition) is 0. The number of carbonyl (C=O) groups excluding carboxylic acids is 2. The van der Waals surface area contributed by atoms with Gasteiger partial charge in [-0.05, 0) is 24.6 Å².